The fraction of sp³-hybridized carbons (Fsp3) is 0.538. The Morgan fingerprint density at radius 3 is 2.89 bits per heavy atom. The van der Waals surface area contributed by atoms with Crippen molar-refractivity contribution in [3.63, 3.8) is 0 Å². The highest BCUT2D eigenvalue weighted by molar-refractivity contribution is 9.10. The number of halogens is 2. The third-order valence-electron chi connectivity index (χ3n) is 3.15. The number of ether oxygens (including phenoxy) is 2. The molecule has 0 saturated heterocycles. The monoisotopic (exact) mass is 317 g/mol. The van der Waals surface area contributed by atoms with E-state index in [1.165, 1.54) is 6.07 Å². The lowest BCUT2D eigenvalue weighted by Crippen LogP contribution is -2.60. The van der Waals surface area contributed by atoms with Gasteiger partial charge in [0.25, 0.3) is 0 Å². The number of nitrogens with one attached hydrogen (secondary N) is 1. The van der Waals surface area contributed by atoms with E-state index in [0.717, 1.165) is 6.42 Å². The van der Waals surface area contributed by atoms with E-state index >= 15 is 0 Å². The Morgan fingerprint density at radius 2 is 2.28 bits per heavy atom. The molecule has 0 aliphatic heterocycles. The lowest BCUT2D eigenvalue weighted by Gasteiger charge is -2.43. The van der Waals surface area contributed by atoms with E-state index in [4.69, 9.17) is 9.47 Å². The summed E-state index contributed by atoms with van der Waals surface area (Å²) in [5.41, 5.74) is 0. The van der Waals surface area contributed by atoms with Gasteiger partial charge in [0.15, 0.2) is 11.6 Å². The summed E-state index contributed by atoms with van der Waals surface area (Å²) in [5.74, 6) is -0.0741. The molecule has 1 aromatic rings. The summed E-state index contributed by atoms with van der Waals surface area (Å²) in [4.78, 5) is 0. The van der Waals surface area contributed by atoms with Crippen molar-refractivity contribution in [2.75, 3.05) is 13.7 Å². The van der Waals surface area contributed by atoms with Gasteiger partial charge in [-0.2, -0.15) is 0 Å². The van der Waals surface area contributed by atoms with Gasteiger partial charge < -0.3 is 14.8 Å². The van der Waals surface area contributed by atoms with Crippen molar-refractivity contribution in [1.82, 2.24) is 5.32 Å². The summed E-state index contributed by atoms with van der Waals surface area (Å²) in [6.07, 6.45) is 0.734. The Labute approximate surface area is 115 Å². The van der Waals surface area contributed by atoms with E-state index in [-0.39, 0.29) is 29.8 Å². The van der Waals surface area contributed by atoms with Gasteiger partial charge in [-0.1, -0.05) is 15.9 Å². The van der Waals surface area contributed by atoms with Crippen LogP contribution in [0.2, 0.25) is 0 Å². The van der Waals surface area contributed by atoms with Crippen LogP contribution >= 0.6 is 15.9 Å². The highest BCUT2D eigenvalue weighted by atomic mass is 79.9. The van der Waals surface area contributed by atoms with Gasteiger partial charge in [0, 0.05) is 23.5 Å². The van der Waals surface area contributed by atoms with E-state index in [2.05, 4.69) is 21.2 Å². The summed E-state index contributed by atoms with van der Waals surface area (Å²) in [7, 11) is 1.90. The molecule has 3 atom stereocenters. The van der Waals surface area contributed by atoms with E-state index in [9.17, 15) is 4.39 Å². The van der Waals surface area contributed by atoms with Crippen LogP contribution < -0.4 is 10.1 Å². The molecule has 1 aromatic carbocycles. The summed E-state index contributed by atoms with van der Waals surface area (Å²) in [6, 6.07) is 5.09. The standard InChI is InChI=1S/C13H17BrFNO2/c1-3-17-13-10(16-2)7-12(13)18-11-5-4-8(14)6-9(11)15/h4-6,10,12-13,16H,3,7H2,1-2H3. The van der Waals surface area contributed by atoms with Gasteiger partial charge in [-0.15, -0.1) is 0 Å². The van der Waals surface area contributed by atoms with Gasteiger partial charge >= 0.3 is 0 Å². The van der Waals surface area contributed by atoms with Crippen LogP contribution in [0.1, 0.15) is 13.3 Å². The van der Waals surface area contributed by atoms with Crippen molar-refractivity contribution in [1.29, 1.82) is 0 Å². The Morgan fingerprint density at radius 1 is 1.50 bits per heavy atom. The maximum atomic E-state index is 13.7. The number of likely N-dealkylation sites (N-methyl/N-ethyl adjacent to an activating group) is 1. The molecule has 1 aliphatic rings. The second-order valence-corrected chi connectivity index (χ2v) is 5.20. The van der Waals surface area contributed by atoms with Gasteiger partial charge in [0.2, 0.25) is 0 Å². The maximum Gasteiger partial charge on any atom is 0.166 e. The molecular weight excluding hydrogens is 301 g/mol. The van der Waals surface area contributed by atoms with Gasteiger partial charge in [-0.3, -0.25) is 0 Å². The van der Waals surface area contributed by atoms with Crippen molar-refractivity contribution in [2.45, 2.75) is 31.6 Å². The third kappa shape index (κ3) is 2.84. The molecule has 1 N–H and O–H groups in total. The smallest absolute Gasteiger partial charge is 0.166 e. The topological polar surface area (TPSA) is 30.5 Å². The molecule has 0 spiro atoms. The first-order chi connectivity index (χ1) is 8.65. The number of benzene rings is 1. The van der Waals surface area contributed by atoms with Crippen LogP contribution in [0.5, 0.6) is 5.75 Å². The average molecular weight is 318 g/mol. The third-order valence-corrected chi connectivity index (χ3v) is 3.64. The molecular formula is C13H17BrFNO2. The Bertz CT molecular complexity index is 416. The zero-order valence-corrected chi connectivity index (χ0v) is 12.0. The second-order valence-electron chi connectivity index (χ2n) is 4.28. The van der Waals surface area contributed by atoms with Crippen LogP contribution in [0.3, 0.4) is 0 Å². The summed E-state index contributed by atoms with van der Waals surface area (Å²) in [5, 5.41) is 3.17. The van der Waals surface area contributed by atoms with Crippen molar-refractivity contribution in [3.05, 3.63) is 28.5 Å². The van der Waals surface area contributed by atoms with E-state index in [1.54, 1.807) is 12.1 Å². The van der Waals surface area contributed by atoms with Crippen LogP contribution in [0.4, 0.5) is 4.39 Å². The molecule has 2 rings (SSSR count). The van der Waals surface area contributed by atoms with E-state index < -0.39 is 0 Å². The predicted octanol–water partition coefficient (Wildman–Crippen LogP) is 2.73. The molecule has 3 nitrogen and oxygen atoms in total. The van der Waals surface area contributed by atoms with Crippen LogP contribution in [0.15, 0.2) is 22.7 Å². The number of rotatable bonds is 5. The fourth-order valence-electron chi connectivity index (χ4n) is 2.13. The van der Waals surface area contributed by atoms with E-state index in [0.29, 0.717) is 11.1 Å². The molecule has 0 heterocycles. The van der Waals surface area contributed by atoms with Crippen molar-refractivity contribution in [2.24, 2.45) is 0 Å². The maximum absolute atomic E-state index is 13.7. The summed E-state index contributed by atoms with van der Waals surface area (Å²) >= 11 is 3.22. The van der Waals surface area contributed by atoms with Crippen LogP contribution in [-0.4, -0.2) is 31.9 Å². The first-order valence-corrected chi connectivity index (χ1v) is 6.85. The SMILES string of the molecule is CCOC1C(NC)CC1Oc1ccc(Br)cc1F. The zero-order valence-electron chi connectivity index (χ0n) is 10.5. The van der Waals surface area contributed by atoms with Crippen LogP contribution in [-0.2, 0) is 4.74 Å². The van der Waals surface area contributed by atoms with Gasteiger partial charge in [-0.05, 0) is 32.2 Å². The molecule has 18 heavy (non-hydrogen) atoms. The molecule has 3 unspecified atom stereocenters. The Balaban J connectivity index is 2.01. The summed E-state index contributed by atoms with van der Waals surface area (Å²) < 4.78 is 25.6. The lowest BCUT2D eigenvalue weighted by molar-refractivity contribution is -0.103. The van der Waals surface area contributed by atoms with Crippen molar-refractivity contribution in [3.8, 4) is 5.75 Å². The van der Waals surface area contributed by atoms with Gasteiger partial charge in [0.1, 0.15) is 12.2 Å². The molecule has 100 valence electrons. The molecule has 1 saturated carbocycles. The number of hydrogen-bond donors (Lipinski definition) is 1. The fourth-order valence-corrected chi connectivity index (χ4v) is 2.46. The molecule has 5 heteroatoms. The minimum atomic E-state index is -0.354. The average Bonchev–Trinajstić information content (AvgIpc) is 2.33. The molecule has 0 aromatic heterocycles. The highest BCUT2D eigenvalue weighted by Crippen LogP contribution is 2.31. The molecule has 0 amide bonds. The number of hydrogen-bond acceptors (Lipinski definition) is 3. The Kier molecular flexibility index (Phi) is 4.59. The quantitative estimate of drug-likeness (QED) is 0.905. The van der Waals surface area contributed by atoms with Crippen LogP contribution in [0.25, 0.3) is 0 Å². The minimum Gasteiger partial charge on any atom is -0.485 e. The molecule has 1 fully saturated rings. The van der Waals surface area contributed by atoms with Gasteiger partial charge in [0.05, 0.1) is 0 Å². The van der Waals surface area contributed by atoms with Gasteiger partial charge in [-0.25, -0.2) is 4.39 Å². The Hall–Kier alpha value is -0.650. The molecule has 0 bridgehead atoms. The first kappa shape index (κ1) is 13.8. The predicted molar refractivity (Wildman–Crippen MR) is 71.4 cm³/mol. The lowest BCUT2D eigenvalue weighted by atomic mass is 9.85. The highest BCUT2D eigenvalue weighted by Gasteiger charge is 2.43. The van der Waals surface area contributed by atoms with Crippen molar-refractivity contribution >= 4 is 15.9 Å². The molecule has 0 radical (unpaired) electrons. The van der Waals surface area contributed by atoms with Crippen molar-refractivity contribution < 1.29 is 13.9 Å². The largest absolute Gasteiger partial charge is 0.485 e. The second kappa shape index (κ2) is 5.99. The molecule has 1 aliphatic carbocycles. The summed E-state index contributed by atoms with van der Waals surface area (Å²) in [6.45, 7) is 2.58. The zero-order chi connectivity index (χ0) is 13.1. The normalized spacial score (nSPS) is 26.8. The minimum absolute atomic E-state index is 0.0111. The van der Waals surface area contributed by atoms with Crippen LogP contribution in [0, 0.1) is 5.82 Å². The first-order valence-electron chi connectivity index (χ1n) is 6.06. The van der Waals surface area contributed by atoms with E-state index in [1.807, 2.05) is 14.0 Å².